The SMILES string of the molecule is CSC1=NC2=NC3=C(CCCCC3)C3=NCCN1N23. The van der Waals surface area contributed by atoms with E-state index >= 15 is 0 Å². The van der Waals surface area contributed by atoms with Crippen molar-refractivity contribution in [3.63, 3.8) is 0 Å². The zero-order valence-corrected chi connectivity index (χ0v) is 11.9. The van der Waals surface area contributed by atoms with Crippen LogP contribution in [0.2, 0.25) is 0 Å². The number of rotatable bonds is 0. The molecular formula is C13H17N5S. The maximum absolute atomic E-state index is 4.81. The van der Waals surface area contributed by atoms with E-state index in [1.165, 1.54) is 30.5 Å². The molecule has 0 atom stereocenters. The van der Waals surface area contributed by atoms with E-state index < -0.39 is 0 Å². The third-order valence-electron chi connectivity index (χ3n) is 4.00. The Hall–Kier alpha value is -1.30. The Balaban J connectivity index is 1.83. The molecule has 5 nitrogen and oxygen atoms in total. The zero-order chi connectivity index (χ0) is 12.8. The van der Waals surface area contributed by atoms with Crippen LogP contribution in [0.15, 0.2) is 26.2 Å². The number of hydrogen-bond acceptors (Lipinski definition) is 6. The molecule has 0 N–H and O–H groups in total. The van der Waals surface area contributed by atoms with Gasteiger partial charge in [-0.3, -0.25) is 10.0 Å². The van der Waals surface area contributed by atoms with Crippen molar-refractivity contribution >= 4 is 28.7 Å². The molecule has 4 aliphatic rings. The monoisotopic (exact) mass is 275 g/mol. The molecule has 0 saturated carbocycles. The van der Waals surface area contributed by atoms with Gasteiger partial charge in [-0.1, -0.05) is 18.2 Å². The van der Waals surface area contributed by atoms with Crippen LogP contribution in [0.4, 0.5) is 0 Å². The summed E-state index contributed by atoms with van der Waals surface area (Å²) in [5.74, 6) is 1.93. The van der Waals surface area contributed by atoms with Crippen LogP contribution in [0.5, 0.6) is 0 Å². The number of aliphatic imine (C=N–C) groups is 3. The van der Waals surface area contributed by atoms with E-state index in [1.807, 2.05) is 0 Å². The van der Waals surface area contributed by atoms with Crippen LogP contribution in [0.25, 0.3) is 0 Å². The molecule has 0 aromatic heterocycles. The Morgan fingerprint density at radius 3 is 2.89 bits per heavy atom. The molecule has 0 saturated heterocycles. The average molecular weight is 275 g/mol. The molecule has 0 aromatic carbocycles. The lowest BCUT2D eigenvalue weighted by Crippen LogP contribution is -2.52. The van der Waals surface area contributed by atoms with Crippen molar-refractivity contribution in [1.29, 1.82) is 0 Å². The third kappa shape index (κ3) is 1.65. The minimum Gasteiger partial charge on any atom is -0.264 e. The van der Waals surface area contributed by atoms with Crippen LogP contribution in [0.1, 0.15) is 32.1 Å². The Kier molecular flexibility index (Phi) is 2.65. The molecule has 0 bridgehead atoms. The molecule has 3 heterocycles. The number of hydrazine groups is 1. The lowest BCUT2D eigenvalue weighted by molar-refractivity contribution is 0.226. The van der Waals surface area contributed by atoms with Gasteiger partial charge in [0.2, 0.25) is 0 Å². The van der Waals surface area contributed by atoms with E-state index in [0.29, 0.717) is 0 Å². The van der Waals surface area contributed by atoms with Crippen LogP contribution >= 0.6 is 11.8 Å². The molecule has 0 aromatic rings. The molecule has 6 heteroatoms. The fourth-order valence-electron chi connectivity index (χ4n) is 3.10. The van der Waals surface area contributed by atoms with Gasteiger partial charge in [-0.15, -0.1) is 0 Å². The maximum atomic E-state index is 4.81. The Labute approximate surface area is 117 Å². The van der Waals surface area contributed by atoms with Gasteiger partial charge in [0.05, 0.1) is 18.8 Å². The summed E-state index contributed by atoms with van der Waals surface area (Å²) in [7, 11) is 0. The fourth-order valence-corrected chi connectivity index (χ4v) is 3.66. The van der Waals surface area contributed by atoms with Crippen molar-refractivity contribution in [1.82, 2.24) is 10.0 Å². The normalized spacial score (nSPS) is 25.4. The van der Waals surface area contributed by atoms with E-state index in [1.54, 1.807) is 11.8 Å². The quantitative estimate of drug-likeness (QED) is 0.681. The summed E-state index contributed by atoms with van der Waals surface area (Å²) in [6.45, 7) is 1.76. The van der Waals surface area contributed by atoms with Crippen molar-refractivity contribution in [3.8, 4) is 0 Å². The number of amidine groups is 2. The smallest absolute Gasteiger partial charge is 0.253 e. The van der Waals surface area contributed by atoms with Crippen molar-refractivity contribution < 1.29 is 0 Å². The summed E-state index contributed by atoms with van der Waals surface area (Å²) >= 11 is 1.68. The highest BCUT2D eigenvalue weighted by atomic mass is 32.2. The Morgan fingerprint density at radius 1 is 1.11 bits per heavy atom. The van der Waals surface area contributed by atoms with Crippen molar-refractivity contribution in [2.24, 2.45) is 15.0 Å². The molecule has 0 fully saturated rings. The molecule has 3 aliphatic heterocycles. The van der Waals surface area contributed by atoms with Crippen LogP contribution < -0.4 is 0 Å². The first-order valence-electron chi connectivity index (χ1n) is 6.94. The lowest BCUT2D eigenvalue weighted by Gasteiger charge is -2.37. The number of nitrogens with zero attached hydrogens (tertiary/aromatic N) is 5. The van der Waals surface area contributed by atoms with Crippen LogP contribution in [0.3, 0.4) is 0 Å². The van der Waals surface area contributed by atoms with Crippen molar-refractivity contribution in [2.75, 3.05) is 19.3 Å². The highest BCUT2D eigenvalue weighted by molar-refractivity contribution is 8.13. The summed E-state index contributed by atoms with van der Waals surface area (Å²) in [6.07, 6.45) is 8.06. The van der Waals surface area contributed by atoms with Gasteiger partial charge in [-0.05, 0) is 31.9 Å². The fraction of sp³-hybridized carbons (Fsp3) is 0.615. The first-order chi connectivity index (χ1) is 9.38. The van der Waals surface area contributed by atoms with E-state index in [9.17, 15) is 0 Å². The lowest BCUT2D eigenvalue weighted by atomic mass is 10.1. The second-order valence-electron chi connectivity index (χ2n) is 5.14. The molecule has 0 spiro atoms. The largest absolute Gasteiger partial charge is 0.264 e. The number of thioether (sulfide) groups is 1. The van der Waals surface area contributed by atoms with Crippen molar-refractivity contribution in [2.45, 2.75) is 32.1 Å². The zero-order valence-electron chi connectivity index (χ0n) is 11.1. The van der Waals surface area contributed by atoms with Gasteiger partial charge in [0.25, 0.3) is 5.96 Å². The molecule has 0 radical (unpaired) electrons. The molecule has 0 unspecified atom stereocenters. The number of allylic oxidation sites excluding steroid dienone is 1. The summed E-state index contributed by atoms with van der Waals surface area (Å²) < 4.78 is 0. The summed E-state index contributed by atoms with van der Waals surface area (Å²) in [5.41, 5.74) is 2.60. The van der Waals surface area contributed by atoms with Crippen LogP contribution in [-0.4, -0.2) is 46.3 Å². The second kappa shape index (κ2) is 4.37. The molecule has 4 rings (SSSR count). The minimum atomic E-state index is 0.823. The number of guanidine groups is 1. The van der Waals surface area contributed by atoms with E-state index in [2.05, 4.69) is 21.3 Å². The van der Waals surface area contributed by atoms with Gasteiger partial charge in [-0.2, -0.15) is 10.0 Å². The van der Waals surface area contributed by atoms with Crippen LogP contribution in [0, 0.1) is 0 Å². The Bertz CT molecular complexity index is 545. The van der Waals surface area contributed by atoms with E-state index in [4.69, 9.17) is 9.98 Å². The highest BCUT2D eigenvalue weighted by Crippen LogP contribution is 2.34. The number of hydrogen-bond donors (Lipinski definition) is 0. The average Bonchev–Trinajstić information content (AvgIpc) is 2.64. The Morgan fingerprint density at radius 2 is 2.00 bits per heavy atom. The third-order valence-corrected chi connectivity index (χ3v) is 4.66. The number of fused-ring (bicyclic) bond motifs is 1. The van der Waals surface area contributed by atoms with Crippen molar-refractivity contribution in [3.05, 3.63) is 11.3 Å². The summed E-state index contributed by atoms with van der Waals surface area (Å²) in [4.78, 5) is 14.2. The predicted octanol–water partition coefficient (Wildman–Crippen LogP) is 2.24. The van der Waals surface area contributed by atoms with Gasteiger partial charge in [0.15, 0.2) is 11.0 Å². The van der Waals surface area contributed by atoms with Gasteiger partial charge in [0, 0.05) is 5.57 Å². The van der Waals surface area contributed by atoms with E-state index in [-0.39, 0.29) is 0 Å². The van der Waals surface area contributed by atoms with E-state index in [0.717, 1.165) is 42.9 Å². The first-order valence-corrected chi connectivity index (χ1v) is 8.17. The van der Waals surface area contributed by atoms with Crippen LogP contribution in [-0.2, 0) is 0 Å². The topological polar surface area (TPSA) is 43.6 Å². The van der Waals surface area contributed by atoms with Gasteiger partial charge in [-0.25, -0.2) is 4.99 Å². The first kappa shape index (κ1) is 11.5. The molecule has 0 amide bonds. The molecule has 100 valence electrons. The molecule has 19 heavy (non-hydrogen) atoms. The summed E-state index contributed by atoms with van der Waals surface area (Å²) in [5, 5.41) is 5.39. The molecule has 1 aliphatic carbocycles. The highest BCUT2D eigenvalue weighted by Gasteiger charge is 2.40. The maximum Gasteiger partial charge on any atom is 0.253 e. The van der Waals surface area contributed by atoms with Gasteiger partial charge < -0.3 is 0 Å². The standard InChI is InChI=1S/C13H17N5S/c1-19-13-16-12-15-10-6-4-2-3-5-9(10)11-14-7-8-17(13)18(11)12/h2-8H2,1H3. The predicted molar refractivity (Wildman–Crippen MR) is 79.3 cm³/mol. The van der Waals surface area contributed by atoms with Gasteiger partial charge >= 0.3 is 0 Å². The minimum absolute atomic E-state index is 0.823. The van der Waals surface area contributed by atoms with Gasteiger partial charge in [0.1, 0.15) is 0 Å². The second-order valence-corrected chi connectivity index (χ2v) is 5.91. The molecular weight excluding hydrogens is 258 g/mol. The summed E-state index contributed by atoms with van der Waals surface area (Å²) in [6, 6.07) is 0.